The largest absolute Gasteiger partial charge is 0.310 e. The maximum Gasteiger partial charge on any atom is 0.0547 e. The van der Waals surface area contributed by atoms with Gasteiger partial charge in [0.25, 0.3) is 0 Å². The second-order valence-electron chi connectivity index (χ2n) is 14.9. The van der Waals surface area contributed by atoms with Crippen molar-refractivity contribution in [1.29, 1.82) is 0 Å². The van der Waals surface area contributed by atoms with Crippen molar-refractivity contribution in [3.63, 3.8) is 0 Å². The molecule has 0 saturated heterocycles. The molecule has 0 atom stereocenters. The third-order valence-corrected chi connectivity index (χ3v) is 13.9. The van der Waals surface area contributed by atoms with Gasteiger partial charge in [-0.05, 0) is 113 Å². The van der Waals surface area contributed by atoms with E-state index >= 15 is 0 Å². The molecule has 0 aliphatic heterocycles. The zero-order valence-electron chi connectivity index (χ0n) is 31.3. The Labute approximate surface area is 343 Å². The highest BCUT2D eigenvalue weighted by Gasteiger charge is 2.17. The van der Waals surface area contributed by atoms with Crippen LogP contribution in [0.15, 0.2) is 206 Å². The molecule has 0 N–H and O–H groups in total. The molecule has 0 bridgehead atoms. The van der Waals surface area contributed by atoms with Gasteiger partial charge < -0.3 is 9.47 Å². The quantitative estimate of drug-likeness (QED) is 0.163. The summed E-state index contributed by atoms with van der Waals surface area (Å²) < 4.78 is 7.66. The average molecular weight is 775 g/mol. The van der Waals surface area contributed by atoms with Crippen LogP contribution in [0.5, 0.6) is 0 Å². The van der Waals surface area contributed by atoms with Crippen LogP contribution in [-0.4, -0.2) is 4.57 Å². The SMILES string of the molecule is c1ccc(-n2c3ccccc3c3ccc(-c4ccc(N(c5ccc(-c6ccc7sc8ccccc8c7c6)cc5)c5ccc6sc7ccccc7c6c5)cc4)cc32)cc1. The predicted molar refractivity (Wildman–Crippen MR) is 252 cm³/mol. The highest BCUT2D eigenvalue weighted by molar-refractivity contribution is 7.26. The maximum atomic E-state index is 2.39. The van der Waals surface area contributed by atoms with Gasteiger partial charge in [0.2, 0.25) is 0 Å². The summed E-state index contributed by atoms with van der Waals surface area (Å²) in [5, 5.41) is 7.76. The molecule has 0 saturated carbocycles. The van der Waals surface area contributed by atoms with Crippen LogP contribution in [-0.2, 0) is 0 Å². The van der Waals surface area contributed by atoms with E-state index in [2.05, 4.69) is 216 Å². The molecule has 3 aromatic heterocycles. The van der Waals surface area contributed by atoms with Gasteiger partial charge in [0, 0.05) is 73.9 Å². The second-order valence-corrected chi connectivity index (χ2v) is 17.1. The Balaban J connectivity index is 0.961. The van der Waals surface area contributed by atoms with Gasteiger partial charge >= 0.3 is 0 Å². The van der Waals surface area contributed by atoms with Gasteiger partial charge in [-0.25, -0.2) is 0 Å². The van der Waals surface area contributed by atoms with Crippen LogP contribution in [0.4, 0.5) is 17.1 Å². The van der Waals surface area contributed by atoms with E-state index < -0.39 is 0 Å². The molecule has 0 radical (unpaired) electrons. The molecule has 0 spiro atoms. The smallest absolute Gasteiger partial charge is 0.0547 e. The molecule has 272 valence electrons. The number of anilines is 3. The van der Waals surface area contributed by atoms with Crippen molar-refractivity contribution >= 4 is 102 Å². The van der Waals surface area contributed by atoms with Crippen LogP contribution in [0.1, 0.15) is 0 Å². The van der Waals surface area contributed by atoms with Crippen LogP contribution < -0.4 is 4.90 Å². The highest BCUT2D eigenvalue weighted by Crippen LogP contribution is 2.43. The lowest BCUT2D eigenvalue weighted by Crippen LogP contribution is -2.09. The van der Waals surface area contributed by atoms with E-state index in [-0.39, 0.29) is 0 Å². The average Bonchev–Trinajstić information content (AvgIpc) is 3.96. The van der Waals surface area contributed by atoms with Gasteiger partial charge in [-0.15, -0.1) is 22.7 Å². The summed E-state index contributed by atoms with van der Waals surface area (Å²) in [7, 11) is 0. The van der Waals surface area contributed by atoms with Crippen molar-refractivity contribution in [1.82, 2.24) is 4.57 Å². The summed E-state index contributed by atoms with van der Waals surface area (Å²) in [4.78, 5) is 2.39. The van der Waals surface area contributed by atoms with Crippen molar-refractivity contribution < 1.29 is 0 Å². The minimum atomic E-state index is 1.11. The molecule has 2 nitrogen and oxygen atoms in total. The van der Waals surface area contributed by atoms with Gasteiger partial charge in [0.1, 0.15) is 0 Å². The van der Waals surface area contributed by atoms with E-state index in [4.69, 9.17) is 0 Å². The standard InChI is InChI=1S/C54H34N2S2/c1-2-10-39(11-3-1)56-49-15-7-4-12-43(49)44-29-22-38(33-50(44)56)36-20-26-41(27-21-36)55(42-28-31-54-48(34-42)46-14-6-9-17-52(46)58-54)40-24-18-35(19-25-40)37-23-30-53-47(32-37)45-13-5-8-16-51(45)57-53/h1-34H. The number of fused-ring (bicyclic) bond motifs is 9. The number of aromatic nitrogens is 1. The number of para-hydroxylation sites is 2. The number of rotatable bonds is 6. The van der Waals surface area contributed by atoms with Crippen LogP contribution in [0.25, 0.3) is 90.1 Å². The predicted octanol–water partition coefficient (Wildman–Crippen LogP) is 16.3. The zero-order chi connectivity index (χ0) is 38.2. The van der Waals surface area contributed by atoms with Crippen LogP contribution in [0.3, 0.4) is 0 Å². The van der Waals surface area contributed by atoms with Crippen molar-refractivity contribution in [3.8, 4) is 27.9 Å². The molecule has 0 unspecified atom stereocenters. The third kappa shape index (κ3) is 5.37. The Morgan fingerprint density at radius 2 is 0.759 bits per heavy atom. The normalized spacial score (nSPS) is 11.8. The van der Waals surface area contributed by atoms with Gasteiger partial charge in [-0.3, -0.25) is 0 Å². The van der Waals surface area contributed by atoms with Crippen LogP contribution in [0, 0.1) is 0 Å². The number of thiophene rings is 2. The lowest BCUT2D eigenvalue weighted by Gasteiger charge is -2.26. The highest BCUT2D eigenvalue weighted by atomic mass is 32.1. The number of hydrogen-bond acceptors (Lipinski definition) is 3. The first kappa shape index (κ1) is 33.2. The molecular weight excluding hydrogens is 741 g/mol. The second kappa shape index (κ2) is 13.3. The summed E-state index contributed by atoms with van der Waals surface area (Å²) in [5.41, 5.74) is 11.8. The van der Waals surface area contributed by atoms with E-state index in [9.17, 15) is 0 Å². The number of hydrogen-bond donors (Lipinski definition) is 0. The Kier molecular flexibility index (Phi) is 7.62. The lowest BCUT2D eigenvalue weighted by molar-refractivity contribution is 1.18. The Bertz CT molecular complexity index is 3500. The number of benzene rings is 9. The summed E-state index contributed by atoms with van der Waals surface area (Å²) in [6.07, 6.45) is 0. The van der Waals surface area contributed by atoms with E-state index in [1.807, 2.05) is 22.7 Å². The summed E-state index contributed by atoms with van der Waals surface area (Å²) in [5.74, 6) is 0. The Hall–Kier alpha value is -6.98. The first-order chi connectivity index (χ1) is 28.7. The van der Waals surface area contributed by atoms with Crippen LogP contribution >= 0.6 is 22.7 Å². The molecule has 9 aromatic carbocycles. The summed E-state index contributed by atoms with van der Waals surface area (Å²) >= 11 is 3.72. The molecule has 12 aromatic rings. The minimum absolute atomic E-state index is 1.11. The summed E-state index contributed by atoms with van der Waals surface area (Å²) in [6.45, 7) is 0. The third-order valence-electron chi connectivity index (χ3n) is 11.6. The first-order valence-electron chi connectivity index (χ1n) is 19.7. The van der Waals surface area contributed by atoms with Crippen LogP contribution in [0.2, 0.25) is 0 Å². The molecule has 0 amide bonds. The van der Waals surface area contributed by atoms with Gasteiger partial charge in [-0.1, -0.05) is 115 Å². The Morgan fingerprint density at radius 1 is 0.293 bits per heavy atom. The van der Waals surface area contributed by atoms with Crippen molar-refractivity contribution in [2.75, 3.05) is 4.90 Å². The minimum Gasteiger partial charge on any atom is -0.310 e. The topological polar surface area (TPSA) is 8.17 Å². The van der Waals surface area contributed by atoms with E-state index in [1.165, 1.54) is 90.1 Å². The van der Waals surface area contributed by atoms with Gasteiger partial charge in [-0.2, -0.15) is 0 Å². The van der Waals surface area contributed by atoms with Crippen molar-refractivity contribution in [3.05, 3.63) is 206 Å². The molecule has 0 aliphatic rings. The summed E-state index contributed by atoms with van der Waals surface area (Å²) in [6, 6.07) is 75.7. The van der Waals surface area contributed by atoms with E-state index in [0.717, 1.165) is 17.1 Å². The van der Waals surface area contributed by atoms with Gasteiger partial charge in [0.05, 0.1) is 11.0 Å². The fourth-order valence-electron chi connectivity index (χ4n) is 8.82. The first-order valence-corrected chi connectivity index (χ1v) is 21.3. The molecule has 0 fully saturated rings. The van der Waals surface area contributed by atoms with E-state index in [0.29, 0.717) is 0 Å². The van der Waals surface area contributed by atoms with Crippen molar-refractivity contribution in [2.45, 2.75) is 0 Å². The zero-order valence-corrected chi connectivity index (χ0v) is 33.0. The molecule has 12 rings (SSSR count). The lowest BCUT2D eigenvalue weighted by atomic mass is 10.0. The molecule has 58 heavy (non-hydrogen) atoms. The van der Waals surface area contributed by atoms with Crippen molar-refractivity contribution in [2.24, 2.45) is 0 Å². The molecular formula is C54H34N2S2. The fraction of sp³-hybridized carbons (Fsp3) is 0. The molecule has 3 heterocycles. The maximum absolute atomic E-state index is 2.39. The molecule has 0 aliphatic carbocycles. The monoisotopic (exact) mass is 774 g/mol. The number of nitrogens with zero attached hydrogens (tertiary/aromatic N) is 2. The molecule has 4 heteroatoms. The Morgan fingerprint density at radius 3 is 1.43 bits per heavy atom. The van der Waals surface area contributed by atoms with E-state index in [1.54, 1.807) is 0 Å². The fourth-order valence-corrected chi connectivity index (χ4v) is 11.0. The van der Waals surface area contributed by atoms with Gasteiger partial charge in [0.15, 0.2) is 0 Å².